The Balaban J connectivity index is 1.95. The maximum atomic E-state index is 5.72. The van der Waals surface area contributed by atoms with E-state index in [1.165, 1.54) is 0 Å². The summed E-state index contributed by atoms with van der Waals surface area (Å²) in [6.45, 7) is 1.92. The van der Waals surface area contributed by atoms with Gasteiger partial charge in [0.25, 0.3) is 0 Å². The number of rotatable bonds is 2. The fraction of sp³-hybridized carbons (Fsp3) is 0.556. The Bertz CT molecular complexity index is 302. The Hall–Kier alpha value is -0.870. The van der Waals surface area contributed by atoms with Crippen LogP contribution in [0.25, 0.3) is 0 Å². The molecule has 1 saturated heterocycles. The molecule has 4 nitrogen and oxygen atoms in total. The Morgan fingerprint density at radius 1 is 1.57 bits per heavy atom. The molecule has 5 heteroatoms. The van der Waals surface area contributed by atoms with Crippen LogP contribution in [0.4, 0.5) is 0 Å². The maximum absolute atomic E-state index is 5.72. The van der Waals surface area contributed by atoms with Crippen LogP contribution in [-0.4, -0.2) is 29.2 Å². The van der Waals surface area contributed by atoms with Crippen LogP contribution in [0.15, 0.2) is 12.3 Å². The zero-order valence-electron chi connectivity index (χ0n) is 7.74. The summed E-state index contributed by atoms with van der Waals surface area (Å²) in [4.78, 5) is 7.96. The molecular weight excluding hydrogens is 202 g/mol. The Morgan fingerprint density at radius 3 is 3.21 bits per heavy atom. The summed E-state index contributed by atoms with van der Waals surface area (Å²) < 4.78 is 5.57. The van der Waals surface area contributed by atoms with E-state index in [-0.39, 0.29) is 6.10 Å². The highest BCUT2D eigenvalue weighted by Gasteiger charge is 2.15. The smallest absolute Gasteiger partial charge is 0.318 e. The number of hydrogen-bond donors (Lipinski definition) is 1. The van der Waals surface area contributed by atoms with E-state index in [4.69, 9.17) is 16.3 Å². The first kappa shape index (κ1) is 9.68. The van der Waals surface area contributed by atoms with E-state index in [2.05, 4.69) is 15.3 Å². The SMILES string of the molecule is Clc1ccnc(OC2CCCNC2)n1. The van der Waals surface area contributed by atoms with Gasteiger partial charge in [0, 0.05) is 12.7 Å². The minimum Gasteiger partial charge on any atom is -0.459 e. The van der Waals surface area contributed by atoms with Gasteiger partial charge in [-0.2, -0.15) is 4.98 Å². The Labute approximate surface area is 87.7 Å². The summed E-state index contributed by atoms with van der Waals surface area (Å²) in [6, 6.07) is 2.00. The molecule has 1 unspecified atom stereocenters. The van der Waals surface area contributed by atoms with E-state index < -0.39 is 0 Å². The Morgan fingerprint density at radius 2 is 2.50 bits per heavy atom. The number of aromatic nitrogens is 2. The van der Waals surface area contributed by atoms with Crippen LogP contribution in [0, 0.1) is 0 Å². The van der Waals surface area contributed by atoms with Crippen molar-refractivity contribution < 1.29 is 4.74 Å². The van der Waals surface area contributed by atoms with Crippen LogP contribution < -0.4 is 10.1 Å². The number of ether oxygens (including phenoxy) is 1. The maximum Gasteiger partial charge on any atom is 0.318 e. The molecule has 1 aliphatic heterocycles. The van der Waals surface area contributed by atoms with Crippen molar-refractivity contribution in [1.29, 1.82) is 0 Å². The lowest BCUT2D eigenvalue weighted by atomic mass is 10.1. The highest BCUT2D eigenvalue weighted by molar-refractivity contribution is 6.29. The van der Waals surface area contributed by atoms with Gasteiger partial charge in [0.1, 0.15) is 11.3 Å². The van der Waals surface area contributed by atoms with Crippen molar-refractivity contribution in [2.24, 2.45) is 0 Å². The van der Waals surface area contributed by atoms with Crippen molar-refractivity contribution in [3.63, 3.8) is 0 Å². The topological polar surface area (TPSA) is 47.0 Å². The molecule has 2 rings (SSSR count). The number of nitrogens with zero attached hydrogens (tertiary/aromatic N) is 2. The summed E-state index contributed by atoms with van der Waals surface area (Å²) in [6.07, 6.45) is 3.94. The van der Waals surface area contributed by atoms with E-state index >= 15 is 0 Å². The molecule has 14 heavy (non-hydrogen) atoms. The average molecular weight is 214 g/mol. The normalized spacial score (nSPS) is 21.9. The van der Waals surface area contributed by atoms with Crippen molar-refractivity contribution in [2.45, 2.75) is 18.9 Å². The second-order valence-electron chi connectivity index (χ2n) is 3.25. The largest absolute Gasteiger partial charge is 0.459 e. The molecule has 1 N–H and O–H groups in total. The second-order valence-corrected chi connectivity index (χ2v) is 3.64. The van der Waals surface area contributed by atoms with Crippen LogP contribution in [0.2, 0.25) is 5.15 Å². The van der Waals surface area contributed by atoms with Gasteiger partial charge in [-0.1, -0.05) is 11.6 Å². The molecule has 0 aliphatic carbocycles. The van der Waals surface area contributed by atoms with Gasteiger partial charge < -0.3 is 10.1 Å². The standard InChI is InChI=1S/C9H12ClN3O/c10-8-3-5-12-9(13-8)14-7-2-1-4-11-6-7/h3,5,7,11H,1-2,4,6H2. The second kappa shape index (κ2) is 4.57. The first-order chi connectivity index (χ1) is 6.84. The summed E-state index contributed by atoms with van der Waals surface area (Å²) in [7, 11) is 0. The third kappa shape index (κ3) is 2.56. The minimum absolute atomic E-state index is 0.169. The molecule has 0 amide bonds. The van der Waals surface area contributed by atoms with Crippen LogP contribution >= 0.6 is 11.6 Å². The zero-order valence-corrected chi connectivity index (χ0v) is 8.50. The van der Waals surface area contributed by atoms with Gasteiger partial charge in [-0.05, 0) is 25.5 Å². The zero-order chi connectivity index (χ0) is 9.80. The molecule has 0 bridgehead atoms. The predicted octanol–water partition coefficient (Wildman–Crippen LogP) is 1.26. The molecule has 76 valence electrons. The third-order valence-corrected chi connectivity index (χ3v) is 2.33. The first-order valence-electron chi connectivity index (χ1n) is 4.70. The molecule has 2 heterocycles. The number of nitrogens with one attached hydrogen (secondary N) is 1. The highest BCUT2D eigenvalue weighted by atomic mass is 35.5. The lowest BCUT2D eigenvalue weighted by molar-refractivity contribution is 0.153. The molecule has 0 spiro atoms. The van der Waals surface area contributed by atoms with E-state index in [1.54, 1.807) is 12.3 Å². The lowest BCUT2D eigenvalue weighted by Crippen LogP contribution is -2.37. The average Bonchev–Trinajstić information content (AvgIpc) is 2.19. The van der Waals surface area contributed by atoms with Gasteiger partial charge in [-0.25, -0.2) is 4.98 Å². The molecule has 0 radical (unpaired) electrons. The summed E-state index contributed by atoms with van der Waals surface area (Å²) in [5, 5.41) is 3.67. The highest BCUT2D eigenvalue weighted by Crippen LogP contribution is 2.12. The molecule has 1 aromatic rings. The summed E-state index contributed by atoms with van der Waals surface area (Å²) in [5.41, 5.74) is 0. The van der Waals surface area contributed by atoms with Gasteiger partial charge in [0.15, 0.2) is 0 Å². The molecule has 1 fully saturated rings. The minimum atomic E-state index is 0.169. The lowest BCUT2D eigenvalue weighted by Gasteiger charge is -2.22. The first-order valence-corrected chi connectivity index (χ1v) is 5.08. The quantitative estimate of drug-likeness (QED) is 0.752. The summed E-state index contributed by atoms with van der Waals surface area (Å²) >= 11 is 5.72. The number of piperidine rings is 1. The van der Waals surface area contributed by atoms with Gasteiger partial charge in [0.2, 0.25) is 0 Å². The van der Waals surface area contributed by atoms with Crippen molar-refractivity contribution in [1.82, 2.24) is 15.3 Å². The van der Waals surface area contributed by atoms with Crippen molar-refractivity contribution in [2.75, 3.05) is 13.1 Å². The fourth-order valence-corrected chi connectivity index (χ4v) is 1.57. The predicted molar refractivity (Wildman–Crippen MR) is 53.6 cm³/mol. The number of hydrogen-bond acceptors (Lipinski definition) is 4. The summed E-state index contributed by atoms with van der Waals surface area (Å²) in [5.74, 6) is 0. The Kier molecular flexibility index (Phi) is 3.16. The monoisotopic (exact) mass is 213 g/mol. The van der Waals surface area contributed by atoms with Gasteiger partial charge in [-0.15, -0.1) is 0 Å². The van der Waals surface area contributed by atoms with Gasteiger partial charge in [-0.3, -0.25) is 0 Å². The van der Waals surface area contributed by atoms with Crippen LogP contribution in [0.3, 0.4) is 0 Å². The molecule has 0 saturated carbocycles. The van der Waals surface area contributed by atoms with Crippen LogP contribution in [-0.2, 0) is 0 Å². The fourth-order valence-electron chi connectivity index (χ4n) is 1.45. The molecule has 1 atom stereocenters. The molecule has 0 aromatic carbocycles. The van der Waals surface area contributed by atoms with E-state index in [0.717, 1.165) is 25.9 Å². The molecule has 1 aromatic heterocycles. The van der Waals surface area contributed by atoms with Crippen molar-refractivity contribution >= 4 is 11.6 Å². The number of halogens is 1. The van der Waals surface area contributed by atoms with Crippen LogP contribution in [0.1, 0.15) is 12.8 Å². The molecule has 1 aliphatic rings. The van der Waals surface area contributed by atoms with Gasteiger partial charge in [0.05, 0.1) is 0 Å². The molecular formula is C9H12ClN3O. The van der Waals surface area contributed by atoms with Crippen LogP contribution in [0.5, 0.6) is 6.01 Å². The van der Waals surface area contributed by atoms with E-state index in [9.17, 15) is 0 Å². The van der Waals surface area contributed by atoms with E-state index in [1.807, 2.05) is 0 Å². The van der Waals surface area contributed by atoms with E-state index in [0.29, 0.717) is 11.2 Å². The third-order valence-electron chi connectivity index (χ3n) is 2.12. The van der Waals surface area contributed by atoms with Gasteiger partial charge >= 0.3 is 6.01 Å². The van der Waals surface area contributed by atoms with Crippen molar-refractivity contribution in [3.8, 4) is 6.01 Å². The van der Waals surface area contributed by atoms with Crippen molar-refractivity contribution in [3.05, 3.63) is 17.4 Å².